The highest BCUT2D eigenvalue weighted by atomic mass is 32.1. The van der Waals surface area contributed by atoms with E-state index >= 15 is 0 Å². The van der Waals surface area contributed by atoms with Gasteiger partial charge in [-0.3, -0.25) is 4.79 Å². The summed E-state index contributed by atoms with van der Waals surface area (Å²) in [4.78, 5) is 18.7. The van der Waals surface area contributed by atoms with Crippen LogP contribution in [0.2, 0.25) is 0 Å². The van der Waals surface area contributed by atoms with E-state index in [1.54, 1.807) is 11.3 Å². The number of methoxy groups -OCH3 is 1. The number of aromatic nitrogens is 1. The fourth-order valence-corrected chi connectivity index (χ4v) is 3.22. The SMILES string of the molecule is CC[C@H](C)N(Cc1csc(COc2ccc(C)c(C)c2)n1)C(=O)COC. The second-order valence-electron chi connectivity index (χ2n) is 6.48. The van der Waals surface area contributed by atoms with Crippen LogP contribution in [0.4, 0.5) is 0 Å². The van der Waals surface area contributed by atoms with Gasteiger partial charge >= 0.3 is 0 Å². The Labute approximate surface area is 160 Å². The van der Waals surface area contributed by atoms with Crippen molar-refractivity contribution in [1.29, 1.82) is 0 Å². The number of ether oxygens (including phenoxy) is 2. The first-order valence-corrected chi connectivity index (χ1v) is 9.74. The van der Waals surface area contributed by atoms with Gasteiger partial charge < -0.3 is 14.4 Å². The minimum Gasteiger partial charge on any atom is -0.486 e. The quantitative estimate of drug-likeness (QED) is 0.661. The van der Waals surface area contributed by atoms with Gasteiger partial charge in [-0.25, -0.2) is 4.98 Å². The molecular weight excluding hydrogens is 348 g/mol. The molecule has 0 aliphatic heterocycles. The minimum atomic E-state index is -0.0113. The van der Waals surface area contributed by atoms with Crippen molar-refractivity contribution in [2.24, 2.45) is 0 Å². The van der Waals surface area contributed by atoms with Crippen molar-refractivity contribution in [3.8, 4) is 5.75 Å². The number of carbonyl (C=O) groups excluding carboxylic acids is 1. The van der Waals surface area contributed by atoms with Gasteiger partial charge in [-0.1, -0.05) is 13.0 Å². The Morgan fingerprint density at radius 2 is 2.08 bits per heavy atom. The molecule has 1 aromatic carbocycles. The summed E-state index contributed by atoms with van der Waals surface area (Å²) in [5.74, 6) is 0.837. The van der Waals surface area contributed by atoms with Crippen molar-refractivity contribution in [2.75, 3.05) is 13.7 Å². The van der Waals surface area contributed by atoms with Gasteiger partial charge in [0.1, 0.15) is 24.0 Å². The van der Waals surface area contributed by atoms with Gasteiger partial charge in [0, 0.05) is 18.5 Å². The predicted octanol–water partition coefficient (Wildman–Crippen LogP) is 4.11. The zero-order chi connectivity index (χ0) is 19.1. The average Bonchev–Trinajstić information content (AvgIpc) is 3.08. The number of amides is 1. The summed E-state index contributed by atoms with van der Waals surface area (Å²) in [7, 11) is 1.54. The lowest BCUT2D eigenvalue weighted by Gasteiger charge is -2.27. The monoisotopic (exact) mass is 376 g/mol. The first-order chi connectivity index (χ1) is 12.4. The maximum Gasteiger partial charge on any atom is 0.249 e. The van der Waals surface area contributed by atoms with Crippen molar-refractivity contribution < 1.29 is 14.3 Å². The van der Waals surface area contributed by atoms with E-state index in [9.17, 15) is 4.79 Å². The highest BCUT2D eigenvalue weighted by molar-refractivity contribution is 7.09. The number of hydrogen-bond acceptors (Lipinski definition) is 5. The van der Waals surface area contributed by atoms with E-state index in [0.717, 1.165) is 22.9 Å². The third-order valence-corrected chi connectivity index (χ3v) is 5.35. The topological polar surface area (TPSA) is 51.7 Å². The molecule has 1 atom stereocenters. The van der Waals surface area contributed by atoms with Gasteiger partial charge in [0.05, 0.1) is 12.2 Å². The normalized spacial score (nSPS) is 12.0. The summed E-state index contributed by atoms with van der Waals surface area (Å²) in [6, 6.07) is 6.22. The predicted molar refractivity (Wildman–Crippen MR) is 105 cm³/mol. The van der Waals surface area contributed by atoms with Gasteiger partial charge in [0.15, 0.2) is 0 Å². The van der Waals surface area contributed by atoms with Crippen LogP contribution < -0.4 is 4.74 Å². The summed E-state index contributed by atoms with van der Waals surface area (Å²) in [5, 5.41) is 2.90. The van der Waals surface area contributed by atoms with Crippen molar-refractivity contribution in [3.63, 3.8) is 0 Å². The van der Waals surface area contributed by atoms with Crippen LogP contribution in [0, 0.1) is 13.8 Å². The fourth-order valence-electron chi connectivity index (χ4n) is 2.53. The number of hydrogen-bond donors (Lipinski definition) is 0. The lowest BCUT2D eigenvalue weighted by atomic mass is 10.1. The molecule has 0 saturated carbocycles. The molecule has 0 bridgehead atoms. The number of benzene rings is 1. The van der Waals surface area contributed by atoms with E-state index in [2.05, 4.69) is 31.8 Å². The molecule has 2 aromatic rings. The molecule has 1 aromatic heterocycles. The van der Waals surface area contributed by atoms with E-state index < -0.39 is 0 Å². The van der Waals surface area contributed by atoms with Crippen LogP contribution in [0.5, 0.6) is 5.75 Å². The van der Waals surface area contributed by atoms with Gasteiger partial charge in [0.25, 0.3) is 0 Å². The Balaban J connectivity index is 1.98. The zero-order valence-electron chi connectivity index (χ0n) is 16.2. The first kappa shape index (κ1) is 20.4. The molecule has 1 amide bonds. The fraction of sp³-hybridized carbons (Fsp3) is 0.500. The minimum absolute atomic E-state index is 0.0113. The van der Waals surface area contributed by atoms with Crippen LogP contribution in [0.25, 0.3) is 0 Å². The largest absolute Gasteiger partial charge is 0.486 e. The third kappa shape index (κ3) is 5.54. The van der Waals surface area contributed by atoms with Crippen molar-refractivity contribution in [2.45, 2.75) is 53.3 Å². The Hall–Kier alpha value is -1.92. The van der Waals surface area contributed by atoms with E-state index in [4.69, 9.17) is 9.47 Å². The lowest BCUT2D eigenvalue weighted by molar-refractivity contribution is -0.138. The van der Waals surface area contributed by atoms with Crippen molar-refractivity contribution in [3.05, 3.63) is 45.4 Å². The molecule has 142 valence electrons. The Bertz CT molecular complexity index is 730. The Morgan fingerprint density at radius 3 is 2.73 bits per heavy atom. The molecule has 0 aliphatic carbocycles. The second-order valence-corrected chi connectivity index (χ2v) is 7.42. The summed E-state index contributed by atoms with van der Waals surface area (Å²) < 4.78 is 10.8. The molecule has 6 heteroatoms. The molecule has 0 fully saturated rings. The maximum absolute atomic E-state index is 12.3. The van der Waals surface area contributed by atoms with E-state index in [1.807, 2.05) is 29.3 Å². The molecule has 26 heavy (non-hydrogen) atoms. The van der Waals surface area contributed by atoms with Gasteiger partial charge in [-0.15, -0.1) is 11.3 Å². The standard InChI is InChI=1S/C20H28N2O3S/c1-6-16(4)22(20(23)12-24-5)10-17-13-26-19(21-17)11-25-18-8-7-14(2)15(3)9-18/h7-9,13,16H,6,10-12H2,1-5H3/t16-/m0/s1. The van der Waals surface area contributed by atoms with Crippen LogP contribution in [0.15, 0.2) is 23.6 Å². The number of carbonyl (C=O) groups is 1. The summed E-state index contributed by atoms with van der Waals surface area (Å²) in [6.45, 7) is 9.30. The smallest absolute Gasteiger partial charge is 0.249 e. The molecule has 0 aliphatic rings. The lowest BCUT2D eigenvalue weighted by Crippen LogP contribution is -2.39. The van der Waals surface area contributed by atoms with Crippen LogP contribution in [-0.4, -0.2) is 35.5 Å². The molecule has 5 nitrogen and oxygen atoms in total. The van der Waals surface area contributed by atoms with Crippen molar-refractivity contribution >= 4 is 17.2 Å². The van der Waals surface area contributed by atoms with Crippen molar-refractivity contribution in [1.82, 2.24) is 9.88 Å². The van der Waals surface area contributed by atoms with E-state index in [1.165, 1.54) is 18.2 Å². The zero-order valence-corrected chi connectivity index (χ0v) is 17.1. The molecule has 0 saturated heterocycles. The highest BCUT2D eigenvalue weighted by Crippen LogP contribution is 2.20. The van der Waals surface area contributed by atoms with Gasteiger partial charge in [-0.2, -0.15) is 0 Å². The second kappa shape index (κ2) is 9.69. The highest BCUT2D eigenvalue weighted by Gasteiger charge is 2.20. The Morgan fingerprint density at radius 1 is 1.31 bits per heavy atom. The molecule has 0 radical (unpaired) electrons. The summed E-state index contributed by atoms with van der Waals surface area (Å²) in [6.07, 6.45) is 0.891. The number of aryl methyl sites for hydroxylation is 2. The molecule has 0 N–H and O–H groups in total. The van der Waals surface area contributed by atoms with Crippen LogP contribution in [0.3, 0.4) is 0 Å². The molecule has 1 heterocycles. The van der Waals surface area contributed by atoms with Gasteiger partial charge in [0.2, 0.25) is 5.91 Å². The molecule has 0 unspecified atom stereocenters. The molecule has 0 spiro atoms. The van der Waals surface area contributed by atoms with Gasteiger partial charge in [-0.05, 0) is 50.5 Å². The summed E-state index contributed by atoms with van der Waals surface area (Å²) in [5.41, 5.74) is 3.35. The average molecular weight is 377 g/mol. The van der Waals surface area contributed by atoms with Crippen LogP contribution >= 0.6 is 11.3 Å². The number of rotatable bonds is 9. The van der Waals surface area contributed by atoms with Crippen LogP contribution in [-0.2, 0) is 22.7 Å². The third-order valence-electron chi connectivity index (χ3n) is 4.48. The molecular formula is C20H28N2O3S. The summed E-state index contributed by atoms with van der Waals surface area (Å²) >= 11 is 1.56. The maximum atomic E-state index is 12.3. The number of thiazole rings is 1. The van der Waals surface area contributed by atoms with E-state index in [-0.39, 0.29) is 18.6 Å². The Kier molecular flexibility index (Phi) is 7.60. The van der Waals surface area contributed by atoms with Crippen LogP contribution in [0.1, 0.15) is 42.1 Å². The number of nitrogens with zero attached hydrogens (tertiary/aromatic N) is 2. The van der Waals surface area contributed by atoms with E-state index in [0.29, 0.717) is 13.2 Å². The first-order valence-electron chi connectivity index (χ1n) is 8.86. The molecule has 2 rings (SSSR count).